The van der Waals surface area contributed by atoms with E-state index in [4.69, 9.17) is 0 Å². The third-order valence-electron chi connectivity index (χ3n) is 2.83. The van der Waals surface area contributed by atoms with Crippen molar-refractivity contribution in [2.75, 3.05) is 5.32 Å². The molecule has 74 valence electrons. The lowest BCUT2D eigenvalue weighted by Gasteiger charge is -2.19. The van der Waals surface area contributed by atoms with E-state index in [1.807, 2.05) is 19.1 Å². The highest BCUT2D eigenvalue weighted by Crippen LogP contribution is 2.38. The number of amides is 1. The predicted octanol–water partition coefficient (Wildman–Crippen LogP) is 2.09. The van der Waals surface area contributed by atoms with Crippen LogP contribution >= 0.6 is 0 Å². The summed E-state index contributed by atoms with van der Waals surface area (Å²) in [6.45, 7) is 4.05. The number of rotatable bonds is 2. The maximum absolute atomic E-state index is 11.8. The molecule has 2 heterocycles. The van der Waals surface area contributed by atoms with Crippen molar-refractivity contribution in [2.45, 2.75) is 32.1 Å². The van der Waals surface area contributed by atoms with Gasteiger partial charge in [-0.15, -0.1) is 0 Å². The summed E-state index contributed by atoms with van der Waals surface area (Å²) in [7, 11) is 0. The van der Waals surface area contributed by atoms with Gasteiger partial charge in [0, 0.05) is 6.20 Å². The average Bonchev–Trinajstić information content (AvgIpc) is 2.41. The Labute approximate surface area is 83.5 Å². The van der Waals surface area contributed by atoms with Crippen LogP contribution in [0.4, 0.5) is 5.69 Å². The van der Waals surface area contributed by atoms with Crippen LogP contribution in [-0.2, 0) is 10.2 Å². The van der Waals surface area contributed by atoms with Gasteiger partial charge in [-0.25, -0.2) is 0 Å². The van der Waals surface area contributed by atoms with Crippen LogP contribution in [-0.4, -0.2) is 10.9 Å². The van der Waals surface area contributed by atoms with Crippen LogP contribution in [0.2, 0.25) is 0 Å². The molecular formula is C11H14N2O. The lowest BCUT2D eigenvalue weighted by atomic mass is 9.83. The van der Waals surface area contributed by atoms with E-state index in [0.717, 1.165) is 24.2 Å². The zero-order chi connectivity index (χ0) is 10.2. The van der Waals surface area contributed by atoms with Crippen molar-refractivity contribution in [3.63, 3.8) is 0 Å². The number of carbonyl (C=O) groups excluding carboxylic acids is 1. The summed E-state index contributed by atoms with van der Waals surface area (Å²) in [6.07, 6.45) is 3.58. The summed E-state index contributed by atoms with van der Waals surface area (Å²) in [5, 5.41) is 2.87. The third-order valence-corrected chi connectivity index (χ3v) is 2.83. The van der Waals surface area contributed by atoms with E-state index in [9.17, 15) is 4.79 Å². The molecule has 14 heavy (non-hydrogen) atoms. The number of hydrogen-bond acceptors (Lipinski definition) is 2. The topological polar surface area (TPSA) is 42.0 Å². The molecule has 3 heteroatoms. The Morgan fingerprint density at radius 1 is 1.57 bits per heavy atom. The van der Waals surface area contributed by atoms with E-state index >= 15 is 0 Å². The van der Waals surface area contributed by atoms with Crippen LogP contribution in [0.1, 0.15) is 32.4 Å². The van der Waals surface area contributed by atoms with Gasteiger partial charge in [0.15, 0.2) is 0 Å². The normalized spacial score (nSPS) is 24.6. The lowest BCUT2D eigenvalue weighted by Crippen LogP contribution is -2.31. The molecule has 1 unspecified atom stereocenters. The fraction of sp³-hybridized carbons (Fsp3) is 0.455. The van der Waals surface area contributed by atoms with Crippen molar-refractivity contribution in [3.8, 4) is 0 Å². The van der Waals surface area contributed by atoms with Crippen LogP contribution in [0.25, 0.3) is 0 Å². The molecule has 1 N–H and O–H groups in total. The van der Waals surface area contributed by atoms with E-state index in [1.165, 1.54) is 0 Å². The number of aromatic nitrogens is 1. The molecule has 0 saturated heterocycles. The van der Waals surface area contributed by atoms with Crippen molar-refractivity contribution >= 4 is 11.6 Å². The summed E-state index contributed by atoms with van der Waals surface area (Å²) >= 11 is 0. The molecule has 0 bridgehead atoms. The molecule has 1 aliphatic heterocycles. The molecule has 0 spiro atoms. The highest BCUT2D eigenvalue weighted by molar-refractivity contribution is 6.05. The Hall–Kier alpha value is -1.38. The fourth-order valence-corrected chi connectivity index (χ4v) is 2.05. The van der Waals surface area contributed by atoms with E-state index in [0.29, 0.717) is 0 Å². The van der Waals surface area contributed by atoms with Gasteiger partial charge in [0.05, 0.1) is 16.8 Å². The zero-order valence-electron chi connectivity index (χ0n) is 8.50. The van der Waals surface area contributed by atoms with Crippen LogP contribution in [0.5, 0.6) is 0 Å². The van der Waals surface area contributed by atoms with E-state index in [1.54, 1.807) is 6.20 Å². The molecule has 1 aromatic rings. The van der Waals surface area contributed by atoms with Crippen molar-refractivity contribution in [1.82, 2.24) is 4.98 Å². The van der Waals surface area contributed by atoms with Crippen molar-refractivity contribution in [3.05, 3.63) is 24.0 Å². The first-order valence-corrected chi connectivity index (χ1v) is 4.95. The smallest absolute Gasteiger partial charge is 0.236 e. The van der Waals surface area contributed by atoms with Gasteiger partial charge in [0.2, 0.25) is 5.91 Å². The van der Waals surface area contributed by atoms with Crippen LogP contribution in [0, 0.1) is 0 Å². The van der Waals surface area contributed by atoms with Gasteiger partial charge in [-0.3, -0.25) is 9.78 Å². The third kappa shape index (κ3) is 1.12. The summed E-state index contributed by atoms with van der Waals surface area (Å²) in [5.74, 6) is 0.0769. The number of nitrogens with zero attached hydrogens (tertiary/aromatic N) is 1. The molecule has 0 radical (unpaired) electrons. The van der Waals surface area contributed by atoms with Gasteiger partial charge >= 0.3 is 0 Å². The first-order valence-electron chi connectivity index (χ1n) is 4.95. The SMILES string of the molecule is CCCC1(C)C(=O)Nc2cccnc21. The van der Waals surface area contributed by atoms with Crippen molar-refractivity contribution in [1.29, 1.82) is 0 Å². The fourth-order valence-electron chi connectivity index (χ4n) is 2.05. The predicted molar refractivity (Wildman–Crippen MR) is 55.1 cm³/mol. The molecule has 0 aliphatic carbocycles. The minimum Gasteiger partial charge on any atom is -0.324 e. The number of anilines is 1. The summed E-state index contributed by atoms with van der Waals surface area (Å²) in [5.41, 5.74) is 1.34. The second-order valence-electron chi connectivity index (χ2n) is 3.94. The monoisotopic (exact) mass is 190 g/mol. The minimum atomic E-state index is -0.425. The van der Waals surface area contributed by atoms with Crippen molar-refractivity contribution < 1.29 is 4.79 Å². The van der Waals surface area contributed by atoms with Gasteiger partial charge in [-0.1, -0.05) is 13.3 Å². The highest BCUT2D eigenvalue weighted by atomic mass is 16.2. The number of hydrogen-bond donors (Lipinski definition) is 1. The Morgan fingerprint density at radius 2 is 2.36 bits per heavy atom. The number of pyridine rings is 1. The number of nitrogens with one attached hydrogen (secondary N) is 1. The summed E-state index contributed by atoms with van der Waals surface area (Å²) in [4.78, 5) is 16.1. The number of carbonyl (C=O) groups is 1. The van der Waals surface area contributed by atoms with Gasteiger partial charge in [0.1, 0.15) is 0 Å². The Morgan fingerprint density at radius 3 is 3.07 bits per heavy atom. The molecule has 1 atom stereocenters. The first kappa shape index (κ1) is 9.19. The van der Waals surface area contributed by atoms with Gasteiger partial charge in [-0.2, -0.15) is 0 Å². The number of fused-ring (bicyclic) bond motifs is 1. The van der Waals surface area contributed by atoms with Crippen LogP contribution < -0.4 is 5.32 Å². The molecule has 0 aromatic carbocycles. The Kier molecular flexibility index (Phi) is 2.02. The van der Waals surface area contributed by atoms with Gasteiger partial charge in [0.25, 0.3) is 0 Å². The molecular weight excluding hydrogens is 176 g/mol. The highest BCUT2D eigenvalue weighted by Gasteiger charge is 2.42. The van der Waals surface area contributed by atoms with E-state index < -0.39 is 5.41 Å². The minimum absolute atomic E-state index is 0.0769. The van der Waals surface area contributed by atoms with Crippen LogP contribution in [0.3, 0.4) is 0 Å². The van der Waals surface area contributed by atoms with Crippen LogP contribution in [0.15, 0.2) is 18.3 Å². The van der Waals surface area contributed by atoms with E-state index in [2.05, 4.69) is 17.2 Å². The quantitative estimate of drug-likeness (QED) is 0.775. The molecule has 1 aromatic heterocycles. The maximum Gasteiger partial charge on any atom is 0.236 e. The average molecular weight is 190 g/mol. The first-order chi connectivity index (χ1) is 6.68. The lowest BCUT2D eigenvalue weighted by molar-refractivity contribution is -0.120. The molecule has 2 rings (SSSR count). The molecule has 0 fully saturated rings. The van der Waals surface area contributed by atoms with Gasteiger partial charge < -0.3 is 5.32 Å². The molecule has 0 saturated carbocycles. The molecule has 3 nitrogen and oxygen atoms in total. The second kappa shape index (κ2) is 3.08. The zero-order valence-corrected chi connectivity index (χ0v) is 8.50. The largest absolute Gasteiger partial charge is 0.324 e. The Balaban J connectivity index is 2.48. The standard InChI is InChI=1S/C11H14N2O/c1-3-6-11(2)9-8(13-10(11)14)5-4-7-12-9/h4-5,7H,3,6H2,1-2H3,(H,13,14). The van der Waals surface area contributed by atoms with E-state index in [-0.39, 0.29) is 5.91 Å². The Bertz CT molecular complexity index is 375. The summed E-state index contributed by atoms with van der Waals surface area (Å²) < 4.78 is 0. The maximum atomic E-state index is 11.8. The van der Waals surface area contributed by atoms with Gasteiger partial charge in [-0.05, 0) is 25.5 Å². The molecule has 1 aliphatic rings. The summed E-state index contributed by atoms with van der Waals surface area (Å²) in [6, 6.07) is 3.75. The van der Waals surface area contributed by atoms with Crippen molar-refractivity contribution in [2.24, 2.45) is 0 Å². The molecule has 1 amide bonds. The second-order valence-corrected chi connectivity index (χ2v) is 3.94.